The summed E-state index contributed by atoms with van der Waals surface area (Å²) in [6, 6.07) is 1.18. The predicted molar refractivity (Wildman–Crippen MR) is 86.1 cm³/mol. The first-order valence-electron chi connectivity index (χ1n) is 7.31. The fourth-order valence-electron chi connectivity index (χ4n) is 2.35. The third-order valence-electron chi connectivity index (χ3n) is 3.59. The SMILES string of the molecule is CC(C)CC(=O)N1CCN(S(=O)(=O)c2cc(C(=O)O)cs2)CC1. The summed E-state index contributed by atoms with van der Waals surface area (Å²) >= 11 is 0.903. The van der Waals surface area contributed by atoms with Gasteiger partial charge in [0.1, 0.15) is 4.21 Å². The monoisotopic (exact) mass is 360 g/mol. The molecule has 0 unspecified atom stereocenters. The van der Waals surface area contributed by atoms with E-state index in [0.717, 1.165) is 11.3 Å². The number of carbonyl (C=O) groups is 2. The van der Waals surface area contributed by atoms with E-state index < -0.39 is 16.0 Å². The molecule has 0 aromatic carbocycles. The van der Waals surface area contributed by atoms with E-state index in [1.54, 1.807) is 4.90 Å². The highest BCUT2D eigenvalue weighted by Crippen LogP contribution is 2.25. The van der Waals surface area contributed by atoms with Crippen molar-refractivity contribution < 1.29 is 23.1 Å². The summed E-state index contributed by atoms with van der Waals surface area (Å²) in [6.45, 7) is 5.12. The van der Waals surface area contributed by atoms with Crippen LogP contribution in [0.2, 0.25) is 0 Å². The maximum Gasteiger partial charge on any atom is 0.336 e. The normalized spacial score (nSPS) is 16.7. The number of carboxylic acid groups (broad SMARTS) is 1. The van der Waals surface area contributed by atoms with Crippen molar-refractivity contribution in [1.29, 1.82) is 0 Å². The Balaban J connectivity index is 2.03. The number of carboxylic acids is 1. The van der Waals surface area contributed by atoms with E-state index in [1.165, 1.54) is 15.8 Å². The molecule has 1 saturated heterocycles. The van der Waals surface area contributed by atoms with Gasteiger partial charge in [-0.25, -0.2) is 13.2 Å². The van der Waals surface area contributed by atoms with Crippen LogP contribution in [0.25, 0.3) is 0 Å². The van der Waals surface area contributed by atoms with E-state index in [0.29, 0.717) is 19.5 Å². The average molecular weight is 360 g/mol. The van der Waals surface area contributed by atoms with E-state index >= 15 is 0 Å². The quantitative estimate of drug-likeness (QED) is 0.855. The van der Waals surface area contributed by atoms with Crippen LogP contribution in [-0.2, 0) is 14.8 Å². The number of hydrogen-bond acceptors (Lipinski definition) is 5. The highest BCUT2D eigenvalue weighted by Gasteiger charge is 2.31. The number of thiophene rings is 1. The van der Waals surface area contributed by atoms with Crippen molar-refractivity contribution in [2.45, 2.75) is 24.5 Å². The number of piperazine rings is 1. The topological polar surface area (TPSA) is 95.0 Å². The van der Waals surface area contributed by atoms with Gasteiger partial charge in [0.05, 0.1) is 5.56 Å². The standard InChI is InChI=1S/C14H20N2O5S2/c1-10(2)7-12(17)15-3-5-16(6-4-15)23(20,21)13-8-11(9-22-13)14(18)19/h8-10H,3-7H2,1-2H3,(H,18,19). The van der Waals surface area contributed by atoms with E-state index in [2.05, 4.69) is 0 Å². The van der Waals surface area contributed by atoms with Gasteiger partial charge >= 0.3 is 5.97 Å². The Morgan fingerprint density at radius 1 is 1.26 bits per heavy atom. The summed E-state index contributed by atoms with van der Waals surface area (Å²) in [5.74, 6) is -0.835. The number of sulfonamides is 1. The molecule has 0 spiro atoms. The average Bonchev–Trinajstić information content (AvgIpc) is 2.97. The highest BCUT2D eigenvalue weighted by atomic mass is 32.2. The lowest BCUT2D eigenvalue weighted by molar-refractivity contribution is -0.133. The minimum atomic E-state index is -3.70. The Kier molecular flexibility index (Phi) is 5.43. The van der Waals surface area contributed by atoms with E-state index in [9.17, 15) is 18.0 Å². The number of nitrogens with zero attached hydrogens (tertiary/aromatic N) is 2. The second-order valence-corrected chi connectivity index (χ2v) is 8.92. The molecule has 9 heteroatoms. The van der Waals surface area contributed by atoms with Gasteiger partial charge in [-0.1, -0.05) is 13.8 Å². The molecular weight excluding hydrogens is 340 g/mol. The summed E-state index contributed by atoms with van der Waals surface area (Å²) in [4.78, 5) is 24.6. The summed E-state index contributed by atoms with van der Waals surface area (Å²) in [5.41, 5.74) is -0.0284. The Morgan fingerprint density at radius 2 is 1.87 bits per heavy atom. The van der Waals surface area contributed by atoms with Gasteiger partial charge in [0.25, 0.3) is 10.0 Å². The molecule has 0 aliphatic carbocycles. The number of rotatable bonds is 5. The van der Waals surface area contributed by atoms with Crippen LogP contribution in [0.5, 0.6) is 0 Å². The first-order valence-corrected chi connectivity index (χ1v) is 9.63. The van der Waals surface area contributed by atoms with Crippen LogP contribution >= 0.6 is 11.3 Å². The summed E-state index contributed by atoms with van der Waals surface area (Å²) in [6.07, 6.45) is 0.458. The molecule has 0 radical (unpaired) electrons. The molecule has 1 fully saturated rings. The van der Waals surface area contributed by atoms with Crippen LogP contribution in [0.15, 0.2) is 15.7 Å². The smallest absolute Gasteiger partial charge is 0.336 e. The molecule has 2 rings (SSSR count). The van der Waals surface area contributed by atoms with E-state index in [4.69, 9.17) is 5.11 Å². The summed E-state index contributed by atoms with van der Waals surface area (Å²) < 4.78 is 26.4. The van der Waals surface area contributed by atoms with Gasteiger partial charge in [-0.05, 0) is 12.0 Å². The van der Waals surface area contributed by atoms with Crippen molar-refractivity contribution in [2.75, 3.05) is 26.2 Å². The van der Waals surface area contributed by atoms with E-state index in [1.807, 2.05) is 13.8 Å². The molecule has 1 N–H and O–H groups in total. The Morgan fingerprint density at radius 3 is 2.35 bits per heavy atom. The number of aromatic carboxylic acids is 1. The molecule has 1 amide bonds. The lowest BCUT2D eigenvalue weighted by Crippen LogP contribution is -2.50. The molecule has 0 bridgehead atoms. The second kappa shape index (κ2) is 6.98. The largest absolute Gasteiger partial charge is 0.478 e. The first-order chi connectivity index (χ1) is 10.7. The van der Waals surface area contributed by atoms with Gasteiger partial charge in [0.15, 0.2) is 0 Å². The highest BCUT2D eigenvalue weighted by molar-refractivity contribution is 7.91. The van der Waals surface area contributed by atoms with Crippen molar-refractivity contribution in [3.05, 3.63) is 17.0 Å². The minimum absolute atomic E-state index is 0.0249. The molecule has 1 aromatic rings. The van der Waals surface area contributed by atoms with Gasteiger partial charge < -0.3 is 10.0 Å². The number of amides is 1. The molecule has 1 aliphatic heterocycles. The molecule has 0 saturated carbocycles. The van der Waals surface area contributed by atoms with Crippen LogP contribution in [0.1, 0.15) is 30.6 Å². The Labute approximate surface area is 139 Å². The van der Waals surface area contributed by atoms with Crippen LogP contribution in [0.4, 0.5) is 0 Å². The zero-order chi connectivity index (χ0) is 17.2. The minimum Gasteiger partial charge on any atom is -0.478 e. The van der Waals surface area contributed by atoms with Gasteiger partial charge in [-0.2, -0.15) is 4.31 Å². The van der Waals surface area contributed by atoms with Gasteiger partial charge in [0.2, 0.25) is 5.91 Å². The van der Waals surface area contributed by atoms with Gasteiger partial charge in [-0.15, -0.1) is 11.3 Å². The third kappa shape index (κ3) is 4.10. The lowest BCUT2D eigenvalue weighted by atomic mass is 10.1. The van der Waals surface area contributed by atoms with Gasteiger partial charge in [0, 0.05) is 38.0 Å². The van der Waals surface area contributed by atoms with Crippen molar-refractivity contribution >= 4 is 33.2 Å². The first kappa shape index (κ1) is 17.9. The lowest BCUT2D eigenvalue weighted by Gasteiger charge is -2.34. The second-order valence-electron chi connectivity index (χ2n) is 5.84. The zero-order valence-corrected chi connectivity index (χ0v) is 14.7. The van der Waals surface area contributed by atoms with Crippen LogP contribution < -0.4 is 0 Å². The van der Waals surface area contributed by atoms with Crippen LogP contribution in [0.3, 0.4) is 0 Å². The molecule has 0 atom stereocenters. The van der Waals surface area contributed by atoms with E-state index in [-0.39, 0.29) is 34.7 Å². The molecule has 128 valence electrons. The number of hydrogen-bond donors (Lipinski definition) is 1. The predicted octanol–water partition coefficient (Wildman–Crippen LogP) is 1.33. The molecule has 1 aromatic heterocycles. The molecule has 1 aliphatic rings. The summed E-state index contributed by atoms with van der Waals surface area (Å²) in [7, 11) is -3.70. The zero-order valence-electron chi connectivity index (χ0n) is 13.1. The van der Waals surface area contributed by atoms with Crippen molar-refractivity contribution in [3.8, 4) is 0 Å². The maximum atomic E-state index is 12.5. The third-order valence-corrected chi connectivity index (χ3v) is 6.90. The van der Waals surface area contributed by atoms with Crippen molar-refractivity contribution in [3.63, 3.8) is 0 Å². The summed E-state index contributed by atoms with van der Waals surface area (Å²) in [5, 5.41) is 10.2. The number of carbonyl (C=O) groups excluding carboxylic acids is 1. The Hall–Kier alpha value is -1.45. The Bertz CT molecular complexity index is 688. The fourth-order valence-corrected chi connectivity index (χ4v) is 5.08. The van der Waals surface area contributed by atoms with Crippen molar-refractivity contribution in [1.82, 2.24) is 9.21 Å². The molecule has 2 heterocycles. The molecule has 7 nitrogen and oxygen atoms in total. The maximum absolute atomic E-state index is 12.5. The van der Waals surface area contributed by atoms with Crippen molar-refractivity contribution in [2.24, 2.45) is 5.92 Å². The fraction of sp³-hybridized carbons (Fsp3) is 0.571. The van der Waals surface area contributed by atoms with Crippen LogP contribution in [-0.4, -0.2) is 60.8 Å². The van der Waals surface area contributed by atoms with Gasteiger partial charge in [-0.3, -0.25) is 4.79 Å². The molecular formula is C14H20N2O5S2. The van der Waals surface area contributed by atoms with Crippen LogP contribution in [0, 0.1) is 5.92 Å². The molecule has 23 heavy (non-hydrogen) atoms.